The maximum atomic E-state index is 14.1. The lowest BCUT2D eigenvalue weighted by Gasteiger charge is -2.33. The number of methoxy groups -OCH3 is 1. The first-order valence-corrected chi connectivity index (χ1v) is 15.3. The molecule has 0 radical (unpaired) electrons. The molecule has 0 unspecified atom stereocenters. The van der Waals surface area contributed by atoms with Crippen LogP contribution in [0.3, 0.4) is 0 Å². The summed E-state index contributed by atoms with van der Waals surface area (Å²) in [5, 5.41) is 2.94. The number of amides is 2. The largest absolute Gasteiger partial charge is 0.497 e. The summed E-state index contributed by atoms with van der Waals surface area (Å²) in [6.07, 6.45) is 0.362. The van der Waals surface area contributed by atoms with Crippen molar-refractivity contribution < 1.29 is 22.7 Å². The maximum absolute atomic E-state index is 14.1. The Labute approximate surface area is 244 Å². The van der Waals surface area contributed by atoms with E-state index in [2.05, 4.69) is 5.32 Å². The predicted molar refractivity (Wildman–Crippen MR) is 162 cm³/mol. The molecule has 3 aromatic carbocycles. The zero-order chi connectivity index (χ0) is 30.2. The van der Waals surface area contributed by atoms with Crippen molar-refractivity contribution in [3.63, 3.8) is 0 Å². The molecule has 9 heteroatoms. The fraction of sp³-hybridized carbons (Fsp3) is 0.375. The molecule has 0 heterocycles. The van der Waals surface area contributed by atoms with E-state index in [-0.39, 0.29) is 23.3 Å². The number of anilines is 1. The van der Waals surface area contributed by atoms with E-state index in [1.165, 1.54) is 4.90 Å². The van der Waals surface area contributed by atoms with Gasteiger partial charge in [-0.2, -0.15) is 0 Å². The molecule has 220 valence electrons. The van der Waals surface area contributed by atoms with Crippen LogP contribution in [-0.4, -0.2) is 51.4 Å². The molecule has 0 saturated heterocycles. The molecule has 8 nitrogen and oxygen atoms in total. The van der Waals surface area contributed by atoms with Crippen molar-refractivity contribution in [1.29, 1.82) is 0 Å². The molecule has 0 aliphatic heterocycles. The molecule has 0 aliphatic rings. The normalized spacial score (nSPS) is 12.1. The van der Waals surface area contributed by atoms with Crippen molar-refractivity contribution in [2.45, 2.75) is 58.5 Å². The second kappa shape index (κ2) is 14.2. The molecule has 2 amide bonds. The Morgan fingerprint density at radius 3 is 1.95 bits per heavy atom. The highest BCUT2D eigenvalue weighted by Crippen LogP contribution is 2.26. The highest BCUT2D eigenvalue weighted by molar-refractivity contribution is 7.92. The Morgan fingerprint density at radius 1 is 0.878 bits per heavy atom. The SMILES string of the molecule is CC[C@@H](C(=O)NCC(C)C)N(Cc1ccc(OC)cc1)C(=O)CN(c1ccc(C)cc1)S(=O)(=O)c1ccc(C)cc1. The van der Waals surface area contributed by atoms with Crippen LogP contribution in [0.15, 0.2) is 77.7 Å². The van der Waals surface area contributed by atoms with Crippen LogP contribution >= 0.6 is 0 Å². The molecule has 0 bridgehead atoms. The van der Waals surface area contributed by atoms with E-state index in [4.69, 9.17) is 4.74 Å². The molecule has 0 saturated carbocycles. The Bertz CT molecular complexity index is 1400. The van der Waals surface area contributed by atoms with Crippen molar-refractivity contribution in [2.75, 3.05) is 24.5 Å². The number of carbonyl (C=O) groups excluding carboxylic acids is 2. The van der Waals surface area contributed by atoms with Gasteiger partial charge in [0.25, 0.3) is 10.0 Å². The summed E-state index contributed by atoms with van der Waals surface area (Å²) in [7, 11) is -2.52. The smallest absolute Gasteiger partial charge is 0.264 e. The van der Waals surface area contributed by atoms with Gasteiger partial charge in [-0.15, -0.1) is 0 Å². The summed E-state index contributed by atoms with van der Waals surface area (Å²) in [6, 6.07) is 20.0. The van der Waals surface area contributed by atoms with Crippen molar-refractivity contribution >= 4 is 27.5 Å². The lowest BCUT2D eigenvalue weighted by Crippen LogP contribution is -2.52. The molecule has 1 N–H and O–H groups in total. The van der Waals surface area contributed by atoms with Gasteiger partial charge < -0.3 is 15.0 Å². The van der Waals surface area contributed by atoms with Gasteiger partial charge in [-0.25, -0.2) is 8.42 Å². The third kappa shape index (κ3) is 8.33. The van der Waals surface area contributed by atoms with E-state index in [1.807, 2.05) is 46.8 Å². The summed E-state index contributed by atoms with van der Waals surface area (Å²) in [4.78, 5) is 29.0. The average molecular weight is 580 g/mol. The summed E-state index contributed by atoms with van der Waals surface area (Å²) in [5.41, 5.74) is 3.04. The number of hydrogen-bond acceptors (Lipinski definition) is 5. The monoisotopic (exact) mass is 579 g/mol. The lowest BCUT2D eigenvalue weighted by atomic mass is 10.1. The number of nitrogens with one attached hydrogen (secondary N) is 1. The fourth-order valence-corrected chi connectivity index (χ4v) is 5.76. The lowest BCUT2D eigenvalue weighted by molar-refractivity contribution is -0.140. The summed E-state index contributed by atoms with van der Waals surface area (Å²) in [5.74, 6) is 0.150. The molecule has 41 heavy (non-hydrogen) atoms. The van der Waals surface area contributed by atoms with Gasteiger partial charge in [-0.1, -0.05) is 68.3 Å². The van der Waals surface area contributed by atoms with Crippen LogP contribution in [0.25, 0.3) is 0 Å². The van der Waals surface area contributed by atoms with Crippen LogP contribution in [0.4, 0.5) is 5.69 Å². The Morgan fingerprint density at radius 2 is 1.44 bits per heavy atom. The van der Waals surface area contributed by atoms with Crippen LogP contribution in [0, 0.1) is 19.8 Å². The highest BCUT2D eigenvalue weighted by Gasteiger charge is 2.33. The first-order chi connectivity index (χ1) is 19.5. The van der Waals surface area contributed by atoms with Gasteiger partial charge in [0, 0.05) is 13.1 Å². The van der Waals surface area contributed by atoms with E-state index < -0.39 is 28.5 Å². The highest BCUT2D eigenvalue weighted by atomic mass is 32.2. The van der Waals surface area contributed by atoms with E-state index in [0.717, 1.165) is 21.0 Å². The van der Waals surface area contributed by atoms with Crippen molar-refractivity contribution in [2.24, 2.45) is 5.92 Å². The minimum atomic E-state index is -4.10. The zero-order valence-corrected chi connectivity index (χ0v) is 25.6. The topological polar surface area (TPSA) is 96.0 Å². The number of hydrogen-bond donors (Lipinski definition) is 1. The molecule has 0 fully saturated rings. The number of aryl methyl sites for hydroxylation is 2. The molecule has 1 atom stereocenters. The minimum absolute atomic E-state index is 0.0832. The van der Waals surface area contributed by atoms with Crippen LogP contribution in [0.2, 0.25) is 0 Å². The molecular weight excluding hydrogens is 538 g/mol. The van der Waals surface area contributed by atoms with E-state index in [9.17, 15) is 18.0 Å². The number of nitrogens with zero attached hydrogens (tertiary/aromatic N) is 2. The zero-order valence-electron chi connectivity index (χ0n) is 24.8. The Kier molecular flexibility index (Phi) is 10.9. The number of benzene rings is 3. The predicted octanol–water partition coefficient (Wildman–Crippen LogP) is 5.09. The van der Waals surface area contributed by atoms with Crippen molar-refractivity contribution in [1.82, 2.24) is 10.2 Å². The van der Waals surface area contributed by atoms with E-state index in [1.54, 1.807) is 67.8 Å². The number of carbonyl (C=O) groups is 2. The quantitative estimate of drug-likeness (QED) is 0.305. The first-order valence-electron chi connectivity index (χ1n) is 13.8. The maximum Gasteiger partial charge on any atom is 0.264 e. The summed E-state index contributed by atoms with van der Waals surface area (Å²) >= 11 is 0. The summed E-state index contributed by atoms with van der Waals surface area (Å²) in [6.45, 7) is 9.75. The van der Waals surface area contributed by atoms with Crippen molar-refractivity contribution in [3.8, 4) is 5.75 Å². The van der Waals surface area contributed by atoms with E-state index >= 15 is 0 Å². The van der Waals surface area contributed by atoms with Gasteiger partial charge in [-0.05, 0) is 68.1 Å². The second-order valence-corrected chi connectivity index (χ2v) is 12.5. The standard InChI is InChI=1S/C32H41N3O5S/c1-7-30(32(37)33-20-23(2)3)34(21-26-12-16-28(40-6)17-13-26)31(36)22-35(27-14-8-24(4)9-15-27)41(38,39)29-18-10-25(5)11-19-29/h8-19,23,30H,7,20-22H2,1-6H3,(H,33,37)/t30-/m0/s1. The minimum Gasteiger partial charge on any atom is -0.497 e. The van der Waals surface area contributed by atoms with Crippen molar-refractivity contribution in [3.05, 3.63) is 89.5 Å². The third-order valence-electron chi connectivity index (χ3n) is 6.79. The average Bonchev–Trinajstić information content (AvgIpc) is 2.95. The van der Waals surface area contributed by atoms with E-state index in [0.29, 0.717) is 24.4 Å². The van der Waals surface area contributed by atoms with Crippen LogP contribution in [0.1, 0.15) is 43.9 Å². The Balaban J connectivity index is 2.03. The molecule has 0 aromatic heterocycles. The molecular formula is C32H41N3O5S. The third-order valence-corrected chi connectivity index (χ3v) is 8.58. The van der Waals surface area contributed by atoms with Gasteiger partial charge in [-0.3, -0.25) is 13.9 Å². The molecule has 0 spiro atoms. The fourth-order valence-electron chi connectivity index (χ4n) is 4.35. The molecule has 0 aliphatic carbocycles. The van der Waals surface area contributed by atoms with Gasteiger partial charge in [0.05, 0.1) is 17.7 Å². The van der Waals surface area contributed by atoms with Crippen LogP contribution in [0.5, 0.6) is 5.75 Å². The van der Waals surface area contributed by atoms with Gasteiger partial charge in [0.2, 0.25) is 11.8 Å². The Hall–Kier alpha value is -3.85. The second-order valence-electron chi connectivity index (χ2n) is 10.6. The first kappa shape index (κ1) is 31.7. The van der Waals surface area contributed by atoms with Crippen LogP contribution < -0.4 is 14.4 Å². The number of sulfonamides is 1. The van der Waals surface area contributed by atoms with Gasteiger partial charge in [0.15, 0.2) is 0 Å². The molecule has 3 aromatic rings. The number of rotatable bonds is 13. The molecule has 3 rings (SSSR count). The summed E-state index contributed by atoms with van der Waals surface area (Å²) < 4.78 is 34.2. The van der Waals surface area contributed by atoms with Gasteiger partial charge >= 0.3 is 0 Å². The number of ether oxygens (including phenoxy) is 1. The van der Waals surface area contributed by atoms with Gasteiger partial charge in [0.1, 0.15) is 18.3 Å². The van der Waals surface area contributed by atoms with Crippen LogP contribution in [-0.2, 0) is 26.2 Å².